The average Bonchev–Trinajstić information content (AvgIpc) is 2.03. The third-order valence-electron chi connectivity index (χ3n) is 2.14. The van der Waals surface area contributed by atoms with Gasteiger partial charge in [-0.2, -0.15) is 0 Å². The predicted octanol–water partition coefficient (Wildman–Crippen LogP) is 0.775. The minimum absolute atomic E-state index is 0.128. The highest BCUT2D eigenvalue weighted by molar-refractivity contribution is 4.55. The van der Waals surface area contributed by atoms with E-state index in [1.165, 1.54) is 19.3 Å². The first-order chi connectivity index (χ1) is 5.66. The average molecular weight is 173 g/mol. The summed E-state index contributed by atoms with van der Waals surface area (Å²) >= 11 is 0. The van der Waals surface area contributed by atoms with Crippen LogP contribution in [0.4, 0.5) is 0 Å². The Hall–Kier alpha value is -0.120. The van der Waals surface area contributed by atoms with Crippen LogP contribution in [-0.4, -0.2) is 12.7 Å². The molecule has 0 aliphatic carbocycles. The summed E-state index contributed by atoms with van der Waals surface area (Å²) in [6, 6.07) is 0. The zero-order valence-corrected chi connectivity index (χ0v) is 8.13. The van der Waals surface area contributed by atoms with Gasteiger partial charge in [0, 0.05) is 0 Å². The lowest BCUT2D eigenvalue weighted by atomic mass is 10.0. The predicted molar refractivity (Wildman–Crippen MR) is 53.5 cm³/mol. The van der Waals surface area contributed by atoms with Gasteiger partial charge in [0.25, 0.3) is 0 Å². The summed E-state index contributed by atoms with van der Waals surface area (Å²) in [5.74, 6) is 0.663. The van der Waals surface area contributed by atoms with E-state index in [1.54, 1.807) is 0 Å². The summed E-state index contributed by atoms with van der Waals surface area (Å²) in [7, 11) is 0. The Morgan fingerprint density at radius 3 is 2.08 bits per heavy atom. The summed E-state index contributed by atoms with van der Waals surface area (Å²) in [5, 5.41) is 0. The molecule has 0 heterocycles. The summed E-state index contributed by atoms with van der Waals surface area (Å²) < 4.78 is 0. The molecule has 1 unspecified atom stereocenters. The molecule has 0 bridgehead atoms. The van der Waals surface area contributed by atoms with Gasteiger partial charge in [-0.1, -0.05) is 26.2 Å². The van der Waals surface area contributed by atoms with Crippen LogP contribution in [0.25, 0.3) is 0 Å². The Bertz CT molecular complexity index is 93.8. The summed E-state index contributed by atoms with van der Waals surface area (Å²) in [5.41, 5.74) is 16.3. The molecular formula is C9H23N3. The zero-order chi connectivity index (χ0) is 9.40. The van der Waals surface area contributed by atoms with Crippen LogP contribution in [-0.2, 0) is 0 Å². The van der Waals surface area contributed by atoms with Crippen molar-refractivity contribution < 1.29 is 0 Å². The highest BCUT2D eigenvalue weighted by atomic mass is 14.8. The zero-order valence-electron chi connectivity index (χ0n) is 8.13. The topological polar surface area (TPSA) is 78.1 Å². The van der Waals surface area contributed by atoms with E-state index in [2.05, 4.69) is 6.92 Å². The molecule has 0 aromatic carbocycles. The highest BCUT2D eigenvalue weighted by Gasteiger charge is 1.99. The maximum absolute atomic E-state index is 5.49. The highest BCUT2D eigenvalue weighted by Crippen LogP contribution is 2.09. The molecule has 0 fully saturated rings. The number of rotatable bonds is 7. The lowest BCUT2D eigenvalue weighted by Gasteiger charge is -2.08. The molecule has 3 nitrogen and oxygen atoms in total. The van der Waals surface area contributed by atoms with Crippen molar-refractivity contribution in [2.45, 2.75) is 45.2 Å². The molecule has 0 amide bonds. The van der Waals surface area contributed by atoms with Gasteiger partial charge in [0.1, 0.15) is 0 Å². The third kappa shape index (κ3) is 7.98. The molecule has 0 saturated heterocycles. The summed E-state index contributed by atoms with van der Waals surface area (Å²) in [6.45, 7) is 2.99. The Morgan fingerprint density at radius 1 is 1.00 bits per heavy atom. The maximum Gasteiger partial charge on any atom is 0.0520 e. The molecule has 0 saturated carbocycles. The summed E-state index contributed by atoms with van der Waals surface area (Å²) in [6.07, 6.45) is 5.68. The third-order valence-corrected chi connectivity index (χ3v) is 2.14. The van der Waals surface area contributed by atoms with Crippen LogP contribution in [0.5, 0.6) is 0 Å². The van der Waals surface area contributed by atoms with Crippen LogP contribution >= 0.6 is 0 Å². The number of hydrogen-bond acceptors (Lipinski definition) is 3. The second-order valence-corrected chi connectivity index (χ2v) is 3.64. The fourth-order valence-corrected chi connectivity index (χ4v) is 1.17. The lowest BCUT2D eigenvalue weighted by Crippen LogP contribution is -2.29. The molecule has 12 heavy (non-hydrogen) atoms. The molecule has 74 valence electrons. The van der Waals surface area contributed by atoms with Gasteiger partial charge in [0.05, 0.1) is 6.17 Å². The fourth-order valence-electron chi connectivity index (χ4n) is 1.17. The number of hydrogen-bond donors (Lipinski definition) is 3. The van der Waals surface area contributed by atoms with E-state index in [1.807, 2.05) is 0 Å². The van der Waals surface area contributed by atoms with Gasteiger partial charge < -0.3 is 17.2 Å². The van der Waals surface area contributed by atoms with Gasteiger partial charge in [0.2, 0.25) is 0 Å². The van der Waals surface area contributed by atoms with Crippen molar-refractivity contribution in [3.63, 3.8) is 0 Å². The molecule has 0 spiro atoms. The van der Waals surface area contributed by atoms with Crippen molar-refractivity contribution in [2.24, 2.45) is 23.1 Å². The Morgan fingerprint density at radius 2 is 1.58 bits per heavy atom. The van der Waals surface area contributed by atoms with Gasteiger partial charge in [-0.05, 0) is 25.3 Å². The maximum atomic E-state index is 5.49. The Balaban J connectivity index is 3.00. The van der Waals surface area contributed by atoms with Gasteiger partial charge >= 0.3 is 0 Å². The standard InChI is InChI=1S/C9H23N3/c1-8(7-10)5-3-2-4-6-9(11)12/h8-9H,2-7,10-12H2,1H3. The van der Waals surface area contributed by atoms with E-state index >= 15 is 0 Å². The molecule has 0 aromatic rings. The number of nitrogens with two attached hydrogens (primary N) is 3. The van der Waals surface area contributed by atoms with E-state index in [0.717, 1.165) is 19.4 Å². The van der Waals surface area contributed by atoms with E-state index in [4.69, 9.17) is 17.2 Å². The molecule has 0 aliphatic heterocycles. The van der Waals surface area contributed by atoms with E-state index in [-0.39, 0.29) is 6.17 Å². The Kier molecular flexibility index (Phi) is 7.45. The summed E-state index contributed by atoms with van der Waals surface area (Å²) in [4.78, 5) is 0. The normalized spacial score (nSPS) is 13.8. The molecule has 3 heteroatoms. The molecule has 0 rings (SSSR count). The SMILES string of the molecule is CC(CN)CCCCCC(N)N. The monoisotopic (exact) mass is 173 g/mol. The van der Waals surface area contributed by atoms with Crippen LogP contribution in [0.3, 0.4) is 0 Å². The van der Waals surface area contributed by atoms with Crippen LogP contribution in [0, 0.1) is 5.92 Å². The van der Waals surface area contributed by atoms with Crippen molar-refractivity contribution >= 4 is 0 Å². The first kappa shape index (κ1) is 11.9. The van der Waals surface area contributed by atoms with Crippen LogP contribution in [0.15, 0.2) is 0 Å². The van der Waals surface area contributed by atoms with Crippen molar-refractivity contribution in [1.29, 1.82) is 0 Å². The van der Waals surface area contributed by atoms with Crippen LogP contribution < -0.4 is 17.2 Å². The lowest BCUT2D eigenvalue weighted by molar-refractivity contribution is 0.483. The van der Waals surface area contributed by atoms with Crippen LogP contribution in [0.2, 0.25) is 0 Å². The molecule has 0 radical (unpaired) electrons. The van der Waals surface area contributed by atoms with E-state index in [0.29, 0.717) is 5.92 Å². The van der Waals surface area contributed by atoms with Crippen molar-refractivity contribution in [1.82, 2.24) is 0 Å². The van der Waals surface area contributed by atoms with Gasteiger partial charge in [-0.3, -0.25) is 0 Å². The minimum Gasteiger partial charge on any atom is -0.330 e. The van der Waals surface area contributed by atoms with Crippen LogP contribution in [0.1, 0.15) is 39.0 Å². The largest absolute Gasteiger partial charge is 0.330 e. The van der Waals surface area contributed by atoms with Gasteiger partial charge in [-0.15, -0.1) is 0 Å². The minimum atomic E-state index is -0.128. The molecule has 6 N–H and O–H groups in total. The smallest absolute Gasteiger partial charge is 0.0520 e. The van der Waals surface area contributed by atoms with E-state index in [9.17, 15) is 0 Å². The van der Waals surface area contributed by atoms with E-state index < -0.39 is 0 Å². The second-order valence-electron chi connectivity index (χ2n) is 3.64. The first-order valence-electron chi connectivity index (χ1n) is 4.88. The van der Waals surface area contributed by atoms with Crippen molar-refractivity contribution in [3.05, 3.63) is 0 Å². The number of unbranched alkanes of at least 4 members (excludes halogenated alkanes) is 2. The van der Waals surface area contributed by atoms with Gasteiger partial charge in [0.15, 0.2) is 0 Å². The Labute approximate surface area is 75.7 Å². The molecule has 1 atom stereocenters. The van der Waals surface area contributed by atoms with Gasteiger partial charge in [-0.25, -0.2) is 0 Å². The van der Waals surface area contributed by atoms with Crippen molar-refractivity contribution in [2.75, 3.05) is 6.54 Å². The quantitative estimate of drug-likeness (QED) is 0.393. The fraction of sp³-hybridized carbons (Fsp3) is 1.00. The first-order valence-corrected chi connectivity index (χ1v) is 4.88. The second kappa shape index (κ2) is 7.53. The molecule has 0 aliphatic rings. The molecule has 0 aromatic heterocycles. The molecular weight excluding hydrogens is 150 g/mol. The van der Waals surface area contributed by atoms with Crippen molar-refractivity contribution in [3.8, 4) is 0 Å².